The number of nitrogens with one attached hydrogen (secondary N) is 1. The molecule has 4 nitrogen and oxygen atoms in total. The van der Waals surface area contributed by atoms with Crippen molar-refractivity contribution in [3.63, 3.8) is 0 Å². The molecule has 0 unspecified atom stereocenters. The van der Waals surface area contributed by atoms with Crippen LogP contribution in [0.3, 0.4) is 0 Å². The minimum atomic E-state index is 0.618. The number of fused-ring (bicyclic) bond motifs is 1. The van der Waals surface area contributed by atoms with Crippen LogP contribution in [0.5, 0.6) is 5.88 Å². The first-order valence-electron chi connectivity index (χ1n) is 8.16. The molecule has 0 aliphatic carbocycles. The number of methoxy groups -OCH3 is 1. The molecule has 3 rings (SSSR count). The van der Waals surface area contributed by atoms with Crippen LogP contribution in [0.1, 0.15) is 24.0 Å². The van der Waals surface area contributed by atoms with Crippen molar-refractivity contribution >= 4 is 22.5 Å². The zero-order chi connectivity index (χ0) is 17.1. The molecule has 126 valence electrons. The molecular formula is C19H22ClN3O. The van der Waals surface area contributed by atoms with Gasteiger partial charge < -0.3 is 15.5 Å². The molecular weight excluding hydrogens is 322 g/mol. The Morgan fingerprint density at radius 3 is 2.88 bits per heavy atom. The zero-order valence-electron chi connectivity index (χ0n) is 14.0. The van der Waals surface area contributed by atoms with Gasteiger partial charge in [0.25, 0.3) is 0 Å². The van der Waals surface area contributed by atoms with Crippen LogP contribution in [-0.4, -0.2) is 23.6 Å². The Kier molecular flexibility index (Phi) is 5.07. The summed E-state index contributed by atoms with van der Waals surface area (Å²) in [5.74, 6) is 0.618. The average Bonchev–Trinajstić information content (AvgIpc) is 2.94. The van der Waals surface area contributed by atoms with Gasteiger partial charge in [-0.05, 0) is 68.1 Å². The Hall–Kier alpha value is -2.04. The number of benzene rings is 1. The number of aromatic nitrogens is 2. The Labute approximate surface area is 147 Å². The standard InChI is InChI=1S/C19H22ClN3O/c1-12-10-13(20)11-16-14(6-3-4-8-21)18(23-17(12)16)15-7-5-9-22-19(15)24-2/h5,7,9-11,23H,3-4,6,8,21H2,1-2H3. The van der Waals surface area contributed by atoms with Gasteiger partial charge in [-0.15, -0.1) is 0 Å². The fourth-order valence-electron chi connectivity index (χ4n) is 3.16. The summed E-state index contributed by atoms with van der Waals surface area (Å²) in [4.78, 5) is 7.90. The van der Waals surface area contributed by atoms with E-state index in [0.717, 1.165) is 52.0 Å². The molecule has 0 atom stereocenters. The summed E-state index contributed by atoms with van der Waals surface area (Å²) in [6.45, 7) is 2.77. The molecule has 1 aromatic carbocycles. The lowest BCUT2D eigenvalue weighted by molar-refractivity contribution is 0.399. The van der Waals surface area contributed by atoms with Gasteiger partial charge in [0.1, 0.15) is 0 Å². The number of rotatable bonds is 6. The van der Waals surface area contributed by atoms with Gasteiger partial charge in [0.2, 0.25) is 5.88 Å². The first-order valence-corrected chi connectivity index (χ1v) is 8.53. The molecule has 24 heavy (non-hydrogen) atoms. The van der Waals surface area contributed by atoms with Crippen LogP contribution in [0.2, 0.25) is 5.02 Å². The molecule has 0 radical (unpaired) electrons. The lowest BCUT2D eigenvalue weighted by Crippen LogP contribution is -1.99. The van der Waals surface area contributed by atoms with Gasteiger partial charge in [-0.2, -0.15) is 0 Å². The number of aryl methyl sites for hydroxylation is 2. The molecule has 0 bridgehead atoms. The van der Waals surface area contributed by atoms with Crippen molar-refractivity contribution in [2.45, 2.75) is 26.2 Å². The van der Waals surface area contributed by atoms with Gasteiger partial charge in [0.05, 0.1) is 18.4 Å². The molecule has 0 saturated heterocycles. The number of hydrogen-bond donors (Lipinski definition) is 2. The minimum absolute atomic E-state index is 0.618. The highest BCUT2D eigenvalue weighted by molar-refractivity contribution is 6.31. The molecule has 3 aromatic rings. The molecule has 0 fully saturated rings. The monoisotopic (exact) mass is 343 g/mol. The number of nitrogens with zero attached hydrogens (tertiary/aromatic N) is 1. The van der Waals surface area contributed by atoms with E-state index in [1.54, 1.807) is 13.3 Å². The van der Waals surface area contributed by atoms with Crippen molar-refractivity contribution < 1.29 is 4.74 Å². The molecule has 0 saturated carbocycles. The van der Waals surface area contributed by atoms with E-state index < -0.39 is 0 Å². The van der Waals surface area contributed by atoms with E-state index in [9.17, 15) is 0 Å². The maximum Gasteiger partial charge on any atom is 0.222 e. The summed E-state index contributed by atoms with van der Waals surface area (Å²) in [6, 6.07) is 7.96. The number of pyridine rings is 1. The van der Waals surface area contributed by atoms with E-state index >= 15 is 0 Å². The van der Waals surface area contributed by atoms with Gasteiger partial charge in [-0.3, -0.25) is 0 Å². The van der Waals surface area contributed by atoms with Crippen molar-refractivity contribution in [1.82, 2.24) is 9.97 Å². The average molecular weight is 344 g/mol. The minimum Gasteiger partial charge on any atom is -0.481 e. The topological polar surface area (TPSA) is 63.9 Å². The Balaban J connectivity index is 2.22. The lowest BCUT2D eigenvalue weighted by atomic mass is 10.00. The zero-order valence-corrected chi connectivity index (χ0v) is 14.8. The molecule has 5 heteroatoms. The molecule has 0 aliphatic rings. The third kappa shape index (κ3) is 3.12. The predicted molar refractivity (Wildman–Crippen MR) is 99.8 cm³/mol. The number of H-pyrrole nitrogens is 1. The fourth-order valence-corrected chi connectivity index (χ4v) is 3.43. The summed E-state index contributed by atoms with van der Waals surface area (Å²) >= 11 is 6.30. The second-order valence-corrected chi connectivity index (χ2v) is 6.37. The third-order valence-corrected chi connectivity index (χ3v) is 4.51. The molecule has 0 amide bonds. The SMILES string of the molecule is COc1ncccc1-c1[nH]c2c(C)cc(Cl)cc2c1CCCCN. The largest absolute Gasteiger partial charge is 0.481 e. The van der Waals surface area contributed by atoms with Crippen LogP contribution in [0.25, 0.3) is 22.2 Å². The van der Waals surface area contributed by atoms with Crippen LogP contribution >= 0.6 is 11.6 Å². The highest BCUT2D eigenvalue weighted by Gasteiger charge is 2.18. The van der Waals surface area contributed by atoms with Crippen LogP contribution < -0.4 is 10.5 Å². The second-order valence-electron chi connectivity index (χ2n) is 5.93. The summed E-state index contributed by atoms with van der Waals surface area (Å²) in [7, 11) is 1.64. The van der Waals surface area contributed by atoms with E-state index in [4.69, 9.17) is 22.1 Å². The summed E-state index contributed by atoms with van der Waals surface area (Å²) in [5.41, 5.74) is 11.2. The highest BCUT2D eigenvalue weighted by Crippen LogP contribution is 2.37. The van der Waals surface area contributed by atoms with Crippen LogP contribution in [0.15, 0.2) is 30.5 Å². The Bertz CT molecular complexity index is 857. The van der Waals surface area contributed by atoms with E-state index in [1.807, 2.05) is 24.3 Å². The van der Waals surface area contributed by atoms with Gasteiger partial charge in [0.15, 0.2) is 0 Å². The van der Waals surface area contributed by atoms with Gasteiger partial charge in [-0.1, -0.05) is 11.6 Å². The van der Waals surface area contributed by atoms with E-state index in [0.29, 0.717) is 12.4 Å². The van der Waals surface area contributed by atoms with Gasteiger partial charge >= 0.3 is 0 Å². The number of hydrogen-bond acceptors (Lipinski definition) is 3. The molecule has 0 spiro atoms. The molecule has 2 heterocycles. The van der Waals surface area contributed by atoms with Crippen molar-refractivity contribution in [2.75, 3.05) is 13.7 Å². The van der Waals surface area contributed by atoms with E-state index in [-0.39, 0.29) is 0 Å². The van der Waals surface area contributed by atoms with Crippen molar-refractivity contribution in [3.05, 3.63) is 46.6 Å². The maximum absolute atomic E-state index is 6.30. The van der Waals surface area contributed by atoms with Crippen LogP contribution in [0.4, 0.5) is 0 Å². The molecule has 3 N–H and O–H groups in total. The third-order valence-electron chi connectivity index (χ3n) is 4.29. The molecule has 0 aliphatic heterocycles. The number of aromatic amines is 1. The summed E-state index contributed by atoms with van der Waals surface area (Å²) < 4.78 is 5.45. The summed E-state index contributed by atoms with van der Waals surface area (Å²) in [5, 5.41) is 1.92. The van der Waals surface area contributed by atoms with Crippen molar-refractivity contribution in [2.24, 2.45) is 5.73 Å². The van der Waals surface area contributed by atoms with E-state index in [2.05, 4.69) is 16.9 Å². The van der Waals surface area contributed by atoms with Crippen LogP contribution in [0, 0.1) is 6.92 Å². The normalized spacial score (nSPS) is 11.2. The fraction of sp³-hybridized carbons (Fsp3) is 0.316. The Morgan fingerprint density at radius 1 is 1.29 bits per heavy atom. The number of ether oxygens (including phenoxy) is 1. The predicted octanol–water partition coefficient (Wildman–Crippen LogP) is 4.48. The van der Waals surface area contributed by atoms with Crippen LogP contribution in [-0.2, 0) is 6.42 Å². The van der Waals surface area contributed by atoms with Crippen molar-refractivity contribution in [3.8, 4) is 17.1 Å². The number of halogens is 1. The smallest absolute Gasteiger partial charge is 0.222 e. The Morgan fingerprint density at radius 2 is 2.12 bits per heavy atom. The summed E-state index contributed by atoms with van der Waals surface area (Å²) in [6.07, 6.45) is 4.70. The first-order chi connectivity index (χ1) is 11.7. The number of nitrogens with two attached hydrogens (primary N) is 1. The van der Waals surface area contributed by atoms with E-state index in [1.165, 1.54) is 5.56 Å². The van der Waals surface area contributed by atoms with Gasteiger partial charge in [-0.25, -0.2) is 4.98 Å². The lowest BCUT2D eigenvalue weighted by Gasteiger charge is -2.08. The highest BCUT2D eigenvalue weighted by atomic mass is 35.5. The maximum atomic E-state index is 6.30. The molecule has 2 aromatic heterocycles. The van der Waals surface area contributed by atoms with Crippen molar-refractivity contribution in [1.29, 1.82) is 0 Å². The second kappa shape index (κ2) is 7.24. The quantitative estimate of drug-likeness (QED) is 0.648. The number of unbranched alkanes of at least 4 members (excludes halogenated alkanes) is 1. The first kappa shape index (κ1) is 16.8. The van der Waals surface area contributed by atoms with Gasteiger partial charge in [0, 0.05) is 22.1 Å².